The Morgan fingerprint density at radius 2 is 1.53 bits per heavy atom. The summed E-state index contributed by atoms with van der Waals surface area (Å²) in [6.45, 7) is 2.57. The number of hydrogen-bond donors (Lipinski definition) is 0. The van der Waals surface area contributed by atoms with Crippen molar-refractivity contribution in [3.05, 3.63) is 35.4 Å². The first-order chi connectivity index (χ1) is 7.27. The van der Waals surface area contributed by atoms with Crippen LogP contribution in [0.4, 0.5) is 0 Å². The van der Waals surface area contributed by atoms with Crippen molar-refractivity contribution in [1.82, 2.24) is 4.90 Å². The molecule has 15 heavy (non-hydrogen) atoms. The SMILES string of the molecule is CN1CCC2(CC1)Cc1ccccc1C2. The molecule has 0 unspecified atom stereocenters. The van der Waals surface area contributed by atoms with Crippen molar-refractivity contribution < 1.29 is 0 Å². The summed E-state index contributed by atoms with van der Waals surface area (Å²) in [6, 6.07) is 9.02. The molecule has 0 aromatic heterocycles. The molecular weight excluding hydrogens is 182 g/mol. The summed E-state index contributed by atoms with van der Waals surface area (Å²) < 4.78 is 0. The number of nitrogens with zero attached hydrogens (tertiary/aromatic N) is 1. The standard InChI is InChI=1S/C14H19N/c1-15-8-6-14(7-9-15)10-12-4-2-3-5-13(12)11-14/h2-5H,6-11H2,1H3. The second-order valence-corrected chi connectivity index (χ2v) is 5.43. The van der Waals surface area contributed by atoms with Crippen LogP contribution in [0.15, 0.2) is 24.3 Å². The predicted octanol–water partition coefficient (Wildman–Crippen LogP) is 2.50. The molecule has 1 heteroatoms. The number of rotatable bonds is 0. The number of likely N-dealkylation sites (tertiary alicyclic amines) is 1. The van der Waals surface area contributed by atoms with Gasteiger partial charge >= 0.3 is 0 Å². The van der Waals surface area contributed by atoms with E-state index >= 15 is 0 Å². The fourth-order valence-electron chi connectivity index (χ4n) is 3.22. The highest BCUT2D eigenvalue weighted by atomic mass is 15.1. The summed E-state index contributed by atoms with van der Waals surface area (Å²) in [5.74, 6) is 0. The van der Waals surface area contributed by atoms with E-state index in [0.717, 1.165) is 0 Å². The molecule has 80 valence electrons. The summed E-state index contributed by atoms with van der Waals surface area (Å²) in [7, 11) is 2.24. The second kappa shape index (κ2) is 3.34. The maximum absolute atomic E-state index is 2.47. The summed E-state index contributed by atoms with van der Waals surface area (Å²) in [5, 5.41) is 0. The maximum Gasteiger partial charge on any atom is -0.00163 e. The lowest BCUT2D eigenvalue weighted by Gasteiger charge is -2.37. The molecular formula is C14H19N. The van der Waals surface area contributed by atoms with Crippen molar-refractivity contribution in [3.63, 3.8) is 0 Å². The average Bonchev–Trinajstić information content (AvgIpc) is 2.61. The zero-order chi connectivity index (χ0) is 10.3. The van der Waals surface area contributed by atoms with Crippen LogP contribution in [0.25, 0.3) is 0 Å². The molecule has 0 atom stereocenters. The highest BCUT2D eigenvalue weighted by molar-refractivity contribution is 5.34. The van der Waals surface area contributed by atoms with Gasteiger partial charge in [-0.05, 0) is 62.4 Å². The molecule has 1 aromatic carbocycles. The summed E-state index contributed by atoms with van der Waals surface area (Å²) in [4.78, 5) is 2.47. The minimum atomic E-state index is 0.621. The van der Waals surface area contributed by atoms with Crippen molar-refractivity contribution in [2.75, 3.05) is 20.1 Å². The van der Waals surface area contributed by atoms with Crippen molar-refractivity contribution in [2.45, 2.75) is 25.7 Å². The summed E-state index contributed by atoms with van der Waals surface area (Å²) in [6.07, 6.45) is 5.43. The molecule has 0 amide bonds. The van der Waals surface area contributed by atoms with Crippen molar-refractivity contribution in [2.24, 2.45) is 5.41 Å². The Hall–Kier alpha value is -0.820. The van der Waals surface area contributed by atoms with Gasteiger partial charge in [0.1, 0.15) is 0 Å². The molecule has 1 heterocycles. The number of benzene rings is 1. The molecule has 3 rings (SSSR count). The van der Waals surface area contributed by atoms with E-state index in [2.05, 4.69) is 36.2 Å². The minimum Gasteiger partial charge on any atom is -0.306 e. The van der Waals surface area contributed by atoms with Crippen LogP contribution in [-0.2, 0) is 12.8 Å². The third-order valence-corrected chi connectivity index (χ3v) is 4.30. The number of fused-ring (bicyclic) bond motifs is 1. The van der Waals surface area contributed by atoms with Crippen molar-refractivity contribution >= 4 is 0 Å². The van der Waals surface area contributed by atoms with Gasteiger partial charge in [-0.3, -0.25) is 0 Å². The quantitative estimate of drug-likeness (QED) is 0.623. The van der Waals surface area contributed by atoms with Crippen LogP contribution >= 0.6 is 0 Å². The van der Waals surface area contributed by atoms with Gasteiger partial charge in [0.05, 0.1) is 0 Å². The fourth-order valence-corrected chi connectivity index (χ4v) is 3.22. The van der Waals surface area contributed by atoms with E-state index in [-0.39, 0.29) is 0 Å². The molecule has 1 aromatic rings. The Morgan fingerprint density at radius 3 is 2.07 bits per heavy atom. The minimum absolute atomic E-state index is 0.621. The highest BCUT2D eigenvalue weighted by Gasteiger charge is 2.38. The van der Waals surface area contributed by atoms with Crippen LogP contribution in [0.2, 0.25) is 0 Å². The zero-order valence-corrected chi connectivity index (χ0v) is 9.50. The van der Waals surface area contributed by atoms with E-state index in [9.17, 15) is 0 Å². The summed E-state index contributed by atoms with van der Waals surface area (Å²) >= 11 is 0. The van der Waals surface area contributed by atoms with Gasteiger partial charge in [0, 0.05) is 0 Å². The van der Waals surface area contributed by atoms with Gasteiger partial charge in [0.15, 0.2) is 0 Å². The van der Waals surface area contributed by atoms with E-state index in [0.29, 0.717) is 5.41 Å². The lowest BCUT2D eigenvalue weighted by molar-refractivity contribution is 0.131. The van der Waals surface area contributed by atoms with Gasteiger partial charge in [-0.25, -0.2) is 0 Å². The van der Waals surface area contributed by atoms with Crippen molar-refractivity contribution in [1.29, 1.82) is 0 Å². The lowest BCUT2D eigenvalue weighted by atomic mass is 9.76. The fraction of sp³-hybridized carbons (Fsp3) is 0.571. The van der Waals surface area contributed by atoms with E-state index < -0.39 is 0 Å². The van der Waals surface area contributed by atoms with Gasteiger partial charge in [0.25, 0.3) is 0 Å². The Morgan fingerprint density at radius 1 is 1.00 bits per heavy atom. The summed E-state index contributed by atoms with van der Waals surface area (Å²) in [5.41, 5.74) is 3.85. The van der Waals surface area contributed by atoms with Crippen LogP contribution < -0.4 is 0 Å². The molecule has 0 N–H and O–H groups in total. The zero-order valence-electron chi connectivity index (χ0n) is 9.50. The van der Waals surface area contributed by atoms with E-state index in [1.807, 2.05) is 0 Å². The molecule has 0 saturated carbocycles. The largest absolute Gasteiger partial charge is 0.306 e. The predicted molar refractivity (Wildman–Crippen MR) is 63.0 cm³/mol. The molecule has 1 aliphatic heterocycles. The average molecular weight is 201 g/mol. The van der Waals surface area contributed by atoms with E-state index in [1.165, 1.54) is 38.8 Å². The molecule has 1 nitrogen and oxygen atoms in total. The van der Waals surface area contributed by atoms with Gasteiger partial charge in [-0.15, -0.1) is 0 Å². The molecule has 1 aliphatic carbocycles. The Bertz CT molecular complexity index is 334. The Labute approximate surface area is 92.1 Å². The molecule has 2 aliphatic rings. The molecule has 1 fully saturated rings. The first-order valence-corrected chi connectivity index (χ1v) is 6.03. The van der Waals surface area contributed by atoms with Crippen LogP contribution in [0.1, 0.15) is 24.0 Å². The lowest BCUT2D eigenvalue weighted by Crippen LogP contribution is -2.38. The van der Waals surface area contributed by atoms with Gasteiger partial charge in [0.2, 0.25) is 0 Å². The Kier molecular flexibility index (Phi) is 2.10. The molecule has 1 saturated heterocycles. The molecule has 0 radical (unpaired) electrons. The molecule has 0 bridgehead atoms. The second-order valence-electron chi connectivity index (χ2n) is 5.43. The van der Waals surface area contributed by atoms with Gasteiger partial charge in [-0.1, -0.05) is 24.3 Å². The van der Waals surface area contributed by atoms with Crippen LogP contribution in [0.3, 0.4) is 0 Å². The highest BCUT2D eigenvalue weighted by Crippen LogP contribution is 2.44. The normalized spacial score (nSPS) is 24.3. The van der Waals surface area contributed by atoms with Crippen LogP contribution in [0, 0.1) is 5.41 Å². The first-order valence-electron chi connectivity index (χ1n) is 6.03. The third kappa shape index (κ3) is 1.59. The van der Waals surface area contributed by atoms with Crippen molar-refractivity contribution in [3.8, 4) is 0 Å². The first kappa shape index (κ1) is 9.41. The van der Waals surface area contributed by atoms with Crippen LogP contribution in [0.5, 0.6) is 0 Å². The topological polar surface area (TPSA) is 3.24 Å². The van der Waals surface area contributed by atoms with Crippen LogP contribution in [-0.4, -0.2) is 25.0 Å². The smallest absolute Gasteiger partial charge is 0.00163 e. The molecule has 1 spiro atoms. The third-order valence-electron chi connectivity index (χ3n) is 4.30. The van der Waals surface area contributed by atoms with Gasteiger partial charge in [-0.2, -0.15) is 0 Å². The Balaban J connectivity index is 1.83. The number of hydrogen-bond acceptors (Lipinski definition) is 1. The monoisotopic (exact) mass is 201 g/mol. The number of piperidine rings is 1. The maximum atomic E-state index is 2.47. The van der Waals surface area contributed by atoms with Gasteiger partial charge < -0.3 is 4.90 Å². The van der Waals surface area contributed by atoms with E-state index in [4.69, 9.17) is 0 Å². The van der Waals surface area contributed by atoms with E-state index in [1.54, 1.807) is 11.1 Å².